The first kappa shape index (κ1) is 11.4. The molecule has 0 aliphatic rings. The molecule has 4 nitrogen and oxygen atoms in total. The van der Waals surface area contributed by atoms with E-state index in [1.165, 1.54) is 0 Å². The molecule has 0 aliphatic carbocycles. The van der Waals surface area contributed by atoms with E-state index in [1.807, 2.05) is 6.92 Å². The van der Waals surface area contributed by atoms with Crippen LogP contribution in [0.2, 0.25) is 0 Å². The summed E-state index contributed by atoms with van der Waals surface area (Å²) in [5.74, 6) is -0.454. The van der Waals surface area contributed by atoms with Gasteiger partial charge in [0, 0.05) is 0 Å². The zero-order valence-corrected chi connectivity index (χ0v) is 7.32. The Morgan fingerprint density at radius 3 is 2.75 bits per heavy atom. The van der Waals surface area contributed by atoms with Crippen molar-refractivity contribution in [1.82, 2.24) is 0 Å². The maximum absolute atomic E-state index is 10.8. The van der Waals surface area contributed by atoms with E-state index in [9.17, 15) is 4.79 Å². The molecule has 0 bridgehead atoms. The van der Waals surface area contributed by atoms with Crippen LogP contribution in [0.1, 0.15) is 26.2 Å². The second kappa shape index (κ2) is 7.06. The number of carbonyl (C=O) groups excluding carboxylic acids is 1. The van der Waals surface area contributed by atoms with Gasteiger partial charge in [0.05, 0.1) is 25.7 Å². The van der Waals surface area contributed by atoms with Crippen LogP contribution in [0.5, 0.6) is 0 Å². The SMILES string of the molecule is CCCCOC(=O)CC(O)CO. The van der Waals surface area contributed by atoms with Crippen LogP contribution < -0.4 is 0 Å². The van der Waals surface area contributed by atoms with E-state index >= 15 is 0 Å². The number of hydrogen-bond donors (Lipinski definition) is 2. The second-order valence-electron chi connectivity index (χ2n) is 2.61. The monoisotopic (exact) mass is 176 g/mol. The van der Waals surface area contributed by atoms with Gasteiger partial charge < -0.3 is 14.9 Å². The molecule has 0 aliphatic heterocycles. The molecular formula is C8H16O4. The molecule has 72 valence electrons. The highest BCUT2D eigenvalue weighted by Gasteiger charge is 2.09. The fourth-order valence-corrected chi connectivity index (χ4v) is 0.646. The predicted octanol–water partition coefficient (Wildman–Crippen LogP) is 0.0730. The molecule has 0 saturated carbocycles. The third-order valence-corrected chi connectivity index (χ3v) is 1.37. The van der Waals surface area contributed by atoms with Gasteiger partial charge in [0.1, 0.15) is 0 Å². The molecule has 0 rings (SSSR count). The number of carbonyl (C=O) groups is 1. The van der Waals surface area contributed by atoms with Crippen LogP contribution in [-0.4, -0.2) is 35.5 Å². The summed E-state index contributed by atoms with van der Waals surface area (Å²) in [5, 5.41) is 17.2. The summed E-state index contributed by atoms with van der Waals surface area (Å²) in [6.45, 7) is 1.99. The Bertz CT molecular complexity index is 124. The smallest absolute Gasteiger partial charge is 0.308 e. The molecule has 0 aromatic heterocycles. The number of rotatable bonds is 6. The molecule has 0 radical (unpaired) electrons. The van der Waals surface area contributed by atoms with Crippen molar-refractivity contribution in [3.63, 3.8) is 0 Å². The van der Waals surface area contributed by atoms with Gasteiger partial charge in [-0.05, 0) is 6.42 Å². The Labute approximate surface area is 72.2 Å². The minimum atomic E-state index is -0.987. The Morgan fingerprint density at radius 1 is 1.58 bits per heavy atom. The molecule has 0 fully saturated rings. The minimum absolute atomic E-state index is 0.125. The van der Waals surface area contributed by atoms with E-state index in [0.717, 1.165) is 12.8 Å². The van der Waals surface area contributed by atoms with E-state index in [4.69, 9.17) is 14.9 Å². The van der Waals surface area contributed by atoms with Gasteiger partial charge in [-0.2, -0.15) is 0 Å². The van der Waals surface area contributed by atoms with E-state index in [-0.39, 0.29) is 6.42 Å². The zero-order chi connectivity index (χ0) is 9.40. The summed E-state index contributed by atoms with van der Waals surface area (Å²) in [5.41, 5.74) is 0. The summed E-state index contributed by atoms with van der Waals surface area (Å²) in [7, 11) is 0. The Balaban J connectivity index is 3.33. The summed E-state index contributed by atoms with van der Waals surface area (Å²) in [4.78, 5) is 10.8. The molecular weight excluding hydrogens is 160 g/mol. The number of aliphatic hydroxyl groups excluding tert-OH is 2. The van der Waals surface area contributed by atoms with Gasteiger partial charge in [-0.1, -0.05) is 13.3 Å². The highest BCUT2D eigenvalue weighted by Crippen LogP contribution is 1.95. The lowest BCUT2D eigenvalue weighted by molar-refractivity contribution is -0.146. The van der Waals surface area contributed by atoms with Crippen LogP contribution in [0.25, 0.3) is 0 Å². The van der Waals surface area contributed by atoms with Crippen LogP contribution in [0.3, 0.4) is 0 Å². The van der Waals surface area contributed by atoms with Crippen molar-refractivity contribution in [2.45, 2.75) is 32.3 Å². The van der Waals surface area contributed by atoms with Gasteiger partial charge in [0.2, 0.25) is 0 Å². The summed E-state index contributed by atoms with van der Waals surface area (Å²) in [6, 6.07) is 0. The van der Waals surface area contributed by atoms with Gasteiger partial charge >= 0.3 is 5.97 Å². The fourth-order valence-electron chi connectivity index (χ4n) is 0.646. The number of unbranched alkanes of at least 4 members (excludes halogenated alkanes) is 1. The lowest BCUT2D eigenvalue weighted by Crippen LogP contribution is -2.19. The standard InChI is InChI=1S/C8H16O4/c1-2-3-4-12-8(11)5-7(10)6-9/h7,9-10H,2-6H2,1H3. The van der Waals surface area contributed by atoms with E-state index < -0.39 is 18.7 Å². The number of ether oxygens (including phenoxy) is 1. The third kappa shape index (κ3) is 6.12. The van der Waals surface area contributed by atoms with Crippen molar-refractivity contribution in [1.29, 1.82) is 0 Å². The molecule has 2 N–H and O–H groups in total. The van der Waals surface area contributed by atoms with Crippen molar-refractivity contribution in [2.75, 3.05) is 13.2 Å². The van der Waals surface area contributed by atoms with E-state index in [2.05, 4.69) is 0 Å². The van der Waals surface area contributed by atoms with Crippen LogP contribution in [-0.2, 0) is 9.53 Å². The Hall–Kier alpha value is -0.610. The molecule has 0 heterocycles. The van der Waals surface area contributed by atoms with Crippen molar-refractivity contribution >= 4 is 5.97 Å². The lowest BCUT2D eigenvalue weighted by atomic mass is 10.3. The molecule has 1 unspecified atom stereocenters. The predicted molar refractivity (Wildman–Crippen MR) is 43.6 cm³/mol. The topological polar surface area (TPSA) is 66.8 Å². The van der Waals surface area contributed by atoms with Crippen LogP contribution in [0, 0.1) is 0 Å². The molecule has 0 saturated heterocycles. The highest BCUT2D eigenvalue weighted by atomic mass is 16.5. The second-order valence-corrected chi connectivity index (χ2v) is 2.61. The quantitative estimate of drug-likeness (QED) is 0.444. The van der Waals surface area contributed by atoms with Crippen LogP contribution in [0.4, 0.5) is 0 Å². The largest absolute Gasteiger partial charge is 0.466 e. The van der Waals surface area contributed by atoms with E-state index in [0.29, 0.717) is 6.61 Å². The highest BCUT2D eigenvalue weighted by molar-refractivity contribution is 5.69. The number of esters is 1. The fraction of sp³-hybridized carbons (Fsp3) is 0.875. The lowest BCUT2D eigenvalue weighted by Gasteiger charge is -2.06. The maximum atomic E-state index is 10.8. The average Bonchev–Trinajstić information content (AvgIpc) is 2.05. The van der Waals surface area contributed by atoms with Gasteiger partial charge in [0.25, 0.3) is 0 Å². The molecule has 0 aromatic carbocycles. The van der Waals surface area contributed by atoms with Gasteiger partial charge in [-0.3, -0.25) is 4.79 Å². The molecule has 0 amide bonds. The number of aliphatic hydroxyl groups is 2. The van der Waals surface area contributed by atoms with Gasteiger partial charge in [0.15, 0.2) is 0 Å². The van der Waals surface area contributed by atoms with Crippen molar-refractivity contribution in [3.05, 3.63) is 0 Å². The molecule has 0 spiro atoms. The molecule has 1 atom stereocenters. The third-order valence-electron chi connectivity index (χ3n) is 1.37. The summed E-state index contributed by atoms with van der Waals surface area (Å²) >= 11 is 0. The van der Waals surface area contributed by atoms with Crippen molar-refractivity contribution in [2.24, 2.45) is 0 Å². The van der Waals surface area contributed by atoms with E-state index in [1.54, 1.807) is 0 Å². The normalized spacial score (nSPS) is 12.6. The maximum Gasteiger partial charge on any atom is 0.308 e. The number of hydrogen-bond acceptors (Lipinski definition) is 4. The molecule has 0 aromatic rings. The van der Waals surface area contributed by atoms with Crippen LogP contribution >= 0.6 is 0 Å². The Morgan fingerprint density at radius 2 is 2.25 bits per heavy atom. The average molecular weight is 176 g/mol. The first-order valence-electron chi connectivity index (χ1n) is 4.15. The molecule has 12 heavy (non-hydrogen) atoms. The van der Waals surface area contributed by atoms with Crippen molar-refractivity contribution < 1.29 is 19.7 Å². The van der Waals surface area contributed by atoms with Crippen LogP contribution in [0.15, 0.2) is 0 Å². The van der Waals surface area contributed by atoms with Gasteiger partial charge in [-0.25, -0.2) is 0 Å². The van der Waals surface area contributed by atoms with Crippen molar-refractivity contribution in [3.8, 4) is 0 Å². The summed E-state index contributed by atoms with van der Waals surface area (Å²) < 4.78 is 4.74. The molecule has 4 heteroatoms. The first-order valence-corrected chi connectivity index (χ1v) is 4.15. The first-order chi connectivity index (χ1) is 5.70. The summed E-state index contributed by atoms with van der Waals surface area (Å²) in [6.07, 6.45) is 0.691. The zero-order valence-electron chi connectivity index (χ0n) is 7.32. The minimum Gasteiger partial charge on any atom is -0.466 e. The Kier molecular flexibility index (Phi) is 6.70. The van der Waals surface area contributed by atoms with Gasteiger partial charge in [-0.15, -0.1) is 0 Å².